The lowest BCUT2D eigenvalue weighted by atomic mass is 10.0. The number of aromatic amines is 1. The van der Waals surface area contributed by atoms with Crippen molar-refractivity contribution in [3.8, 4) is 22.5 Å². The maximum Gasteiger partial charge on any atom is 0.244 e. The van der Waals surface area contributed by atoms with Gasteiger partial charge in [-0.3, -0.25) is 15.1 Å². The van der Waals surface area contributed by atoms with Gasteiger partial charge in [0.1, 0.15) is 11.6 Å². The van der Waals surface area contributed by atoms with Gasteiger partial charge in [-0.1, -0.05) is 29.8 Å². The molecule has 11 heteroatoms. The highest BCUT2D eigenvalue weighted by molar-refractivity contribution is 6.31. The summed E-state index contributed by atoms with van der Waals surface area (Å²) in [7, 11) is 3.53. The molecule has 2 N–H and O–H groups in total. The molecule has 0 bridgehead atoms. The van der Waals surface area contributed by atoms with Gasteiger partial charge in [-0.05, 0) is 35.9 Å². The smallest absolute Gasteiger partial charge is 0.244 e. The lowest BCUT2D eigenvalue weighted by Crippen LogP contribution is -2.17. The number of ether oxygens (including phenoxy) is 1. The van der Waals surface area contributed by atoms with E-state index in [4.69, 9.17) is 21.7 Å². The van der Waals surface area contributed by atoms with Crippen LogP contribution in [-0.4, -0.2) is 49.1 Å². The zero-order valence-electron chi connectivity index (χ0n) is 20.0. The molecule has 186 valence electrons. The first-order valence-corrected chi connectivity index (χ1v) is 11.6. The maximum absolute atomic E-state index is 15.2. The molecule has 0 aliphatic carbocycles. The lowest BCUT2D eigenvalue weighted by Gasteiger charge is -2.16. The van der Waals surface area contributed by atoms with Crippen LogP contribution < -0.4 is 0 Å². The van der Waals surface area contributed by atoms with Crippen molar-refractivity contribution in [2.24, 2.45) is 12.1 Å². The van der Waals surface area contributed by atoms with E-state index in [1.807, 2.05) is 25.4 Å². The summed E-state index contributed by atoms with van der Waals surface area (Å²) >= 11 is 6.07. The van der Waals surface area contributed by atoms with Crippen LogP contribution in [0.3, 0.4) is 0 Å². The number of nitrogens with zero attached hydrogens (tertiary/aromatic N) is 6. The van der Waals surface area contributed by atoms with Gasteiger partial charge in [0.05, 0.1) is 23.8 Å². The summed E-state index contributed by atoms with van der Waals surface area (Å²) < 4.78 is 22.2. The lowest BCUT2D eigenvalue weighted by molar-refractivity contribution is 0.329. The number of aromatic nitrogens is 5. The number of H-pyrrole nitrogens is 1. The molecule has 5 aromatic rings. The zero-order valence-corrected chi connectivity index (χ0v) is 20.7. The van der Waals surface area contributed by atoms with Crippen molar-refractivity contribution in [3.63, 3.8) is 0 Å². The number of hydrazone groups is 1. The Labute approximate surface area is 216 Å². The van der Waals surface area contributed by atoms with E-state index in [9.17, 15) is 0 Å². The van der Waals surface area contributed by atoms with Crippen molar-refractivity contribution >= 4 is 35.1 Å². The molecule has 0 spiro atoms. The molecule has 0 unspecified atom stereocenters. The Balaban J connectivity index is 1.41. The quantitative estimate of drug-likeness (QED) is 0.175. The molecule has 0 amide bonds. The SMILES string of the molecule is CN(Cc1ccc(-c2ccnc3nc(-c4cnn(C)c4)[nH]c23)cc1F)/N=C(\OC=N)c1cccc(Cl)c1. The zero-order chi connectivity index (χ0) is 25.9. The third kappa shape index (κ3) is 5.19. The van der Waals surface area contributed by atoms with Gasteiger partial charge in [-0.2, -0.15) is 5.10 Å². The highest BCUT2D eigenvalue weighted by atomic mass is 35.5. The Bertz CT molecular complexity index is 1630. The van der Waals surface area contributed by atoms with Crippen LogP contribution >= 0.6 is 11.6 Å². The summed E-state index contributed by atoms with van der Waals surface area (Å²) in [6, 6.07) is 13.8. The third-order valence-electron chi connectivity index (χ3n) is 5.64. The Morgan fingerprint density at radius 1 is 1.24 bits per heavy atom. The maximum atomic E-state index is 15.2. The number of rotatable bonds is 7. The highest BCUT2D eigenvalue weighted by Crippen LogP contribution is 2.30. The van der Waals surface area contributed by atoms with Crippen LogP contribution in [0.1, 0.15) is 11.1 Å². The minimum Gasteiger partial charge on any atom is -0.426 e. The molecule has 0 saturated heterocycles. The van der Waals surface area contributed by atoms with Crippen LogP contribution in [0.25, 0.3) is 33.7 Å². The van der Waals surface area contributed by atoms with Gasteiger partial charge >= 0.3 is 0 Å². The number of fused-ring (bicyclic) bond motifs is 1. The van der Waals surface area contributed by atoms with E-state index in [2.05, 4.69) is 25.2 Å². The number of hydrogen-bond acceptors (Lipinski definition) is 7. The molecule has 5 rings (SSSR count). The van der Waals surface area contributed by atoms with Gasteiger partial charge in [-0.15, -0.1) is 5.10 Å². The Morgan fingerprint density at radius 2 is 2.11 bits per heavy atom. The van der Waals surface area contributed by atoms with E-state index in [0.717, 1.165) is 17.5 Å². The summed E-state index contributed by atoms with van der Waals surface area (Å²) in [4.78, 5) is 12.2. The number of benzene rings is 2. The van der Waals surface area contributed by atoms with Crippen molar-refractivity contribution in [2.75, 3.05) is 7.05 Å². The minimum absolute atomic E-state index is 0.179. The van der Waals surface area contributed by atoms with Crippen molar-refractivity contribution < 1.29 is 9.13 Å². The first-order chi connectivity index (χ1) is 17.9. The fourth-order valence-electron chi connectivity index (χ4n) is 3.94. The Morgan fingerprint density at radius 3 is 2.84 bits per heavy atom. The summed E-state index contributed by atoms with van der Waals surface area (Å²) in [5, 5.41) is 17.9. The average Bonchev–Trinajstić information content (AvgIpc) is 3.51. The largest absolute Gasteiger partial charge is 0.426 e. The first kappa shape index (κ1) is 24.1. The van der Waals surface area contributed by atoms with Gasteiger partial charge in [-0.25, -0.2) is 14.4 Å². The van der Waals surface area contributed by atoms with Crippen LogP contribution in [0.15, 0.2) is 72.2 Å². The Kier molecular flexibility index (Phi) is 6.65. The normalized spacial score (nSPS) is 11.6. The van der Waals surface area contributed by atoms with Crippen molar-refractivity contribution in [1.82, 2.24) is 29.7 Å². The number of nitrogens with one attached hydrogen (secondary N) is 2. The molecule has 0 saturated carbocycles. The van der Waals surface area contributed by atoms with Gasteiger partial charge in [0.2, 0.25) is 5.90 Å². The predicted octanol–water partition coefficient (Wildman–Crippen LogP) is 5.24. The van der Waals surface area contributed by atoms with E-state index in [0.29, 0.717) is 38.7 Å². The molecule has 3 heterocycles. The van der Waals surface area contributed by atoms with Crippen LogP contribution in [0.2, 0.25) is 5.02 Å². The van der Waals surface area contributed by atoms with Crippen LogP contribution in [-0.2, 0) is 18.3 Å². The van der Waals surface area contributed by atoms with E-state index >= 15 is 4.39 Å². The van der Waals surface area contributed by atoms with E-state index in [1.54, 1.807) is 54.5 Å². The molecule has 0 radical (unpaired) electrons. The Hall–Kier alpha value is -4.57. The first-order valence-electron chi connectivity index (χ1n) is 11.2. The standard InChI is InChI=1S/C26H22ClFN8O/c1-35-14-19(12-31-35)24-32-23-21(8-9-30-25(23)33-24)16-6-7-18(22(28)11-16)13-36(2)34-26(37-15-29)17-4-3-5-20(27)10-17/h3-12,14-15,29H,13H2,1-2H3,(H,30,32,33)/b29-15?,34-26-. The molecular formula is C26H22ClFN8O. The van der Waals surface area contributed by atoms with Gasteiger partial charge in [0, 0.05) is 48.2 Å². The second kappa shape index (κ2) is 10.2. The number of imidazole rings is 1. The molecule has 0 fully saturated rings. The third-order valence-corrected chi connectivity index (χ3v) is 5.87. The minimum atomic E-state index is -0.381. The highest BCUT2D eigenvalue weighted by Gasteiger charge is 2.15. The molecule has 0 aliphatic rings. The fraction of sp³-hybridized carbons (Fsp3) is 0.115. The predicted molar refractivity (Wildman–Crippen MR) is 141 cm³/mol. The molecule has 3 aromatic heterocycles. The topological polar surface area (TPSA) is 108 Å². The number of halogens is 2. The molecule has 0 atom stereocenters. The fourth-order valence-corrected chi connectivity index (χ4v) is 4.13. The van der Waals surface area contributed by atoms with Crippen molar-refractivity contribution in [1.29, 1.82) is 5.41 Å². The number of aryl methyl sites for hydroxylation is 1. The summed E-state index contributed by atoms with van der Waals surface area (Å²) in [5.74, 6) is 0.441. The number of hydrogen-bond donors (Lipinski definition) is 2. The molecule has 0 aliphatic heterocycles. The van der Waals surface area contributed by atoms with Crippen LogP contribution in [0.5, 0.6) is 0 Å². The second-order valence-electron chi connectivity index (χ2n) is 8.32. The summed E-state index contributed by atoms with van der Waals surface area (Å²) in [6.45, 7) is 0.179. The molecule has 2 aromatic carbocycles. The monoisotopic (exact) mass is 516 g/mol. The summed E-state index contributed by atoms with van der Waals surface area (Å²) in [6.07, 6.45) is 6.01. The van der Waals surface area contributed by atoms with Crippen LogP contribution in [0, 0.1) is 11.2 Å². The van der Waals surface area contributed by atoms with Gasteiger partial charge < -0.3 is 9.72 Å². The van der Waals surface area contributed by atoms with E-state index < -0.39 is 0 Å². The van der Waals surface area contributed by atoms with E-state index in [1.165, 1.54) is 11.1 Å². The molecular weight excluding hydrogens is 495 g/mol. The molecule has 37 heavy (non-hydrogen) atoms. The van der Waals surface area contributed by atoms with Gasteiger partial charge in [0.15, 0.2) is 12.0 Å². The van der Waals surface area contributed by atoms with Crippen LogP contribution in [0.4, 0.5) is 4.39 Å². The van der Waals surface area contributed by atoms with E-state index in [-0.39, 0.29) is 18.3 Å². The van der Waals surface area contributed by atoms with Gasteiger partial charge in [0.25, 0.3) is 0 Å². The van der Waals surface area contributed by atoms with Crippen molar-refractivity contribution in [3.05, 3.63) is 89.1 Å². The number of pyridine rings is 1. The van der Waals surface area contributed by atoms with Crippen molar-refractivity contribution in [2.45, 2.75) is 6.54 Å². The average molecular weight is 517 g/mol. The molecule has 9 nitrogen and oxygen atoms in total. The second-order valence-corrected chi connectivity index (χ2v) is 8.75. The summed E-state index contributed by atoms with van der Waals surface area (Å²) in [5.41, 5.74) is 4.60.